The van der Waals surface area contributed by atoms with Gasteiger partial charge in [-0.05, 0) is 48.1 Å². The Balaban J connectivity index is 1.31. The van der Waals surface area contributed by atoms with Crippen LogP contribution in [0.4, 0.5) is 13.6 Å². The Hall–Kier alpha value is -3.09. The molecule has 0 saturated heterocycles. The number of fused-ring (bicyclic) bond motifs is 1. The molecule has 0 bridgehead atoms. The number of hydrogen-bond acceptors (Lipinski definition) is 2. The summed E-state index contributed by atoms with van der Waals surface area (Å²) in [6, 6.07) is 16.5. The molecule has 3 aromatic rings. The van der Waals surface area contributed by atoms with Gasteiger partial charge < -0.3 is 19.9 Å². The van der Waals surface area contributed by atoms with Crippen molar-refractivity contribution in [2.24, 2.45) is 0 Å². The summed E-state index contributed by atoms with van der Waals surface area (Å²) in [5.41, 5.74) is 2.12. The Bertz CT molecular complexity index is 894. The molecule has 0 aliphatic carbocycles. The van der Waals surface area contributed by atoms with E-state index in [2.05, 4.69) is 44.3 Å². The minimum absolute atomic E-state index is 0.125. The van der Waals surface area contributed by atoms with Gasteiger partial charge in [-0.25, -0.2) is 4.79 Å². The van der Waals surface area contributed by atoms with Crippen LogP contribution in [0.5, 0.6) is 5.75 Å². The average Bonchev–Trinajstić information content (AvgIpc) is 3.09. The summed E-state index contributed by atoms with van der Waals surface area (Å²) in [5.74, 6) is 0.125. The van der Waals surface area contributed by atoms with Gasteiger partial charge in [-0.1, -0.05) is 30.3 Å². The lowest BCUT2D eigenvalue weighted by Gasteiger charge is -2.09. The van der Waals surface area contributed by atoms with Crippen molar-refractivity contribution in [3.05, 3.63) is 66.4 Å². The summed E-state index contributed by atoms with van der Waals surface area (Å²) in [5, 5.41) is 6.85. The number of benzene rings is 2. The number of hydrogen-bond donors (Lipinski definition) is 2. The topological polar surface area (TPSA) is 55.3 Å². The van der Waals surface area contributed by atoms with Gasteiger partial charge in [0.05, 0.1) is 0 Å². The molecule has 2 aromatic carbocycles. The first-order valence-corrected chi connectivity index (χ1v) is 9.21. The lowest BCUT2D eigenvalue weighted by molar-refractivity contribution is -0.0498. The van der Waals surface area contributed by atoms with Gasteiger partial charge >= 0.3 is 12.6 Å². The van der Waals surface area contributed by atoms with Gasteiger partial charge in [0.2, 0.25) is 0 Å². The Morgan fingerprint density at radius 2 is 1.75 bits per heavy atom. The van der Waals surface area contributed by atoms with Gasteiger partial charge in [-0.2, -0.15) is 8.78 Å². The SMILES string of the molecule is O=C(NCCCn1ccc2ccccc21)NCCc1ccc(OC(F)F)cc1. The van der Waals surface area contributed by atoms with Crippen LogP contribution < -0.4 is 15.4 Å². The summed E-state index contributed by atoms with van der Waals surface area (Å²) >= 11 is 0. The van der Waals surface area contributed by atoms with Gasteiger partial charge in [0.15, 0.2) is 0 Å². The third kappa shape index (κ3) is 5.70. The number of para-hydroxylation sites is 1. The molecule has 0 saturated carbocycles. The number of carbonyl (C=O) groups excluding carboxylic acids is 1. The number of aryl methyl sites for hydroxylation is 1. The minimum atomic E-state index is -2.83. The number of nitrogens with one attached hydrogen (secondary N) is 2. The Morgan fingerprint density at radius 3 is 2.54 bits per heavy atom. The van der Waals surface area contributed by atoms with Crippen LogP contribution in [0.15, 0.2) is 60.8 Å². The van der Waals surface area contributed by atoms with Crippen LogP contribution >= 0.6 is 0 Å². The standard InChI is InChI=1S/C21H23F2N3O2/c22-20(23)28-18-8-6-16(7-9-18)10-13-25-21(27)24-12-3-14-26-15-11-17-4-1-2-5-19(17)26/h1-2,4-9,11,15,20H,3,10,12-14H2,(H2,24,25,27). The van der Waals surface area contributed by atoms with Crippen LogP contribution in [-0.4, -0.2) is 30.3 Å². The number of halogens is 2. The summed E-state index contributed by atoms with van der Waals surface area (Å²) in [4.78, 5) is 11.8. The lowest BCUT2D eigenvalue weighted by atomic mass is 10.1. The van der Waals surface area contributed by atoms with Gasteiger partial charge in [-0.15, -0.1) is 0 Å². The van der Waals surface area contributed by atoms with Gasteiger partial charge in [0, 0.05) is 31.3 Å². The predicted octanol–water partition coefficient (Wildman–Crippen LogP) is 4.17. The second-order valence-electron chi connectivity index (χ2n) is 6.38. The Kier molecular flexibility index (Phi) is 6.84. The molecule has 0 fully saturated rings. The van der Waals surface area contributed by atoms with Gasteiger partial charge in [0.25, 0.3) is 0 Å². The molecule has 0 atom stereocenters. The molecule has 1 aromatic heterocycles. The van der Waals surface area contributed by atoms with E-state index in [1.807, 2.05) is 12.1 Å². The fraction of sp³-hybridized carbons (Fsp3) is 0.286. The number of rotatable bonds is 9. The van der Waals surface area contributed by atoms with Crippen molar-refractivity contribution in [2.75, 3.05) is 13.1 Å². The van der Waals surface area contributed by atoms with Crippen molar-refractivity contribution in [3.63, 3.8) is 0 Å². The molecule has 0 aliphatic heterocycles. The maximum atomic E-state index is 12.1. The summed E-state index contributed by atoms with van der Waals surface area (Å²) < 4.78 is 30.7. The molecule has 0 aliphatic rings. The molecule has 3 rings (SSSR count). The van der Waals surface area contributed by atoms with Crippen LogP contribution in [0.3, 0.4) is 0 Å². The Morgan fingerprint density at radius 1 is 1.00 bits per heavy atom. The number of ether oxygens (including phenoxy) is 1. The monoisotopic (exact) mass is 387 g/mol. The zero-order valence-corrected chi connectivity index (χ0v) is 15.4. The van der Waals surface area contributed by atoms with E-state index in [-0.39, 0.29) is 11.8 Å². The largest absolute Gasteiger partial charge is 0.435 e. The van der Waals surface area contributed by atoms with Gasteiger partial charge in [0.1, 0.15) is 5.75 Å². The van der Waals surface area contributed by atoms with Gasteiger partial charge in [-0.3, -0.25) is 0 Å². The highest BCUT2D eigenvalue weighted by Crippen LogP contribution is 2.16. The smallest absolute Gasteiger partial charge is 0.387 e. The molecule has 2 N–H and O–H groups in total. The molecule has 1 heterocycles. The van der Waals surface area contributed by atoms with E-state index in [4.69, 9.17) is 0 Å². The molecule has 7 heteroatoms. The van der Waals surface area contributed by atoms with Crippen LogP contribution in [0.2, 0.25) is 0 Å². The van der Waals surface area contributed by atoms with Crippen molar-refractivity contribution in [2.45, 2.75) is 26.0 Å². The molecular formula is C21H23F2N3O2. The number of nitrogens with zero attached hydrogens (tertiary/aromatic N) is 1. The summed E-state index contributed by atoms with van der Waals surface area (Å²) in [6.45, 7) is -0.949. The van der Waals surface area contributed by atoms with E-state index >= 15 is 0 Å². The third-order valence-corrected chi connectivity index (χ3v) is 4.39. The van der Waals surface area contributed by atoms with Crippen LogP contribution in [0.25, 0.3) is 10.9 Å². The zero-order chi connectivity index (χ0) is 19.8. The first-order valence-electron chi connectivity index (χ1n) is 9.21. The number of aromatic nitrogens is 1. The van der Waals surface area contributed by atoms with Crippen LogP contribution in [0, 0.1) is 0 Å². The molecular weight excluding hydrogens is 364 g/mol. The number of alkyl halides is 2. The number of amides is 2. The molecule has 0 unspecified atom stereocenters. The highest BCUT2D eigenvalue weighted by molar-refractivity contribution is 5.79. The van der Waals surface area contributed by atoms with Crippen molar-refractivity contribution in [1.29, 1.82) is 0 Å². The van der Waals surface area contributed by atoms with Crippen molar-refractivity contribution >= 4 is 16.9 Å². The maximum Gasteiger partial charge on any atom is 0.387 e. The maximum absolute atomic E-state index is 12.1. The van der Waals surface area contributed by atoms with Crippen molar-refractivity contribution in [1.82, 2.24) is 15.2 Å². The van der Waals surface area contributed by atoms with E-state index in [9.17, 15) is 13.6 Å². The molecule has 5 nitrogen and oxygen atoms in total. The second kappa shape index (κ2) is 9.73. The van der Waals surface area contributed by atoms with Crippen LogP contribution in [0.1, 0.15) is 12.0 Å². The minimum Gasteiger partial charge on any atom is -0.435 e. The molecule has 0 radical (unpaired) electrons. The first kappa shape index (κ1) is 19.7. The fourth-order valence-electron chi connectivity index (χ4n) is 3.01. The van der Waals surface area contributed by atoms with E-state index in [1.165, 1.54) is 23.0 Å². The number of carbonyl (C=O) groups is 1. The third-order valence-electron chi connectivity index (χ3n) is 4.39. The summed E-state index contributed by atoms with van der Waals surface area (Å²) in [7, 11) is 0. The molecule has 28 heavy (non-hydrogen) atoms. The predicted molar refractivity (Wildman–Crippen MR) is 105 cm³/mol. The normalized spacial score (nSPS) is 11.0. The molecule has 0 spiro atoms. The highest BCUT2D eigenvalue weighted by atomic mass is 19.3. The van der Waals surface area contributed by atoms with Crippen molar-refractivity contribution in [3.8, 4) is 5.75 Å². The lowest BCUT2D eigenvalue weighted by Crippen LogP contribution is -2.37. The number of urea groups is 1. The van der Waals surface area contributed by atoms with E-state index in [0.29, 0.717) is 19.5 Å². The highest BCUT2D eigenvalue weighted by Gasteiger charge is 2.04. The average molecular weight is 387 g/mol. The second-order valence-corrected chi connectivity index (χ2v) is 6.38. The molecule has 2 amide bonds. The van der Waals surface area contributed by atoms with Crippen LogP contribution in [-0.2, 0) is 13.0 Å². The quantitative estimate of drug-likeness (QED) is 0.542. The Labute approximate surface area is 162 Å². The van der Waals surface area contributed by atoms with E-state index in [0.717, 1.165) is 18.5 Å². The first-order chi connectivity index (χ1) is 13.6. The van der Waals surface area contributed by atoms with E-state index < -0.39 is 6.61 Å². The fourth-order valence-corrected chi connectivity index (χ4v) is 3.01. The molecule has 148 valence electrons. The zero-order valence-electron chi connectivity index (χ0n) is 15.4. The summed E-state index contributed by atoms with van der Waals surface area (Å²) in [6.07, 6.45) is 3.50. The van der Waals surface area contributed by atoms with Crippen molar-refractivity contribution < 1.29 is 18.3 Å². The van der Waals surface area contributed by atoms with E-state index in [1.54, 1.807) is 12.1 Å².